The van der Waals surface area contributed by atoms with E-state index in [1.165, 1.54) is 0 Å². The molecule has 0 amide bonds. The first-order valence-corrected chi connectivity index (χ1v) is 10.4. The molecule has 14 atom stereocenters. The van der Waals surface area contributed by atoms with Crippen molar-refractivity contribution in [3.05, 3.63) is 0 Å². The molecule has 1 spiro atoms. The first-order chi connectivity index (χ1) is 15.8. The summed E-state index contributed by atoms with van der Waals surface area (Å²) in [7, 11) is 0. The molecule has 17 heteroatoms. The lowest BCUT2D eigenvalue weighted by molar-refractivity contribution is -0.549. The predicted molar refractivity (Wildman–Crippen MR) is 101 cm³/mol. The van der Waals surface area contributed by atoms with Crippen LogP contribution in [0.2, 0.25) is 0 Å². The average molecular weight is 499 g/mol. The lowest BCUT2D eigenvalue weighted by Gasteiger charge is -2.72. The number of ether oxygens (including phenoxy) is 3. The number of hydrogen-bond acceptors (Lipinski definition) is 15. The van der Waals surface area contributed by atoms with Crippen LogP contribution in [0.15, 0.2) is 0 Å². The Morgan fingerprint density at radius 1 is 0.882 bits per heavy atom. The van der Waals surface area contributed by atoms with Gasteiger partial charge in [-0.05, 0) is 0 Å². The van der Waals surface area contributed by atoms with Crippen molar-refractivity contribution in [3.8, 4) is 0 Å². The molecule has 6 rings (SSSR count). The van der Waals surface area contributed by atoms with Crippen molar-refractivity contribution < 1.29 is 70.4 Å². The molecule has 14 N–H and O–H groups in total. The molecule has 0 radical (unpaired) electrons. The third kappa shape index (κ3) is 3.29. The minimum absolute atomic E-state index is 0.375. The second-order valence-electron chi connectivity index (χ2n) is 8.97. The van der Waals surface area contributed by atoms with Crippen LogP contribution >= 0.6 is 0 Å². The van der Waals surface area contributed by atoms with Gasteiger partial charge in [-0.1, -0.05) is 0 Å². The monoisotopic (exact) mass is 499 g/mol. The summed E-state index contributed by atoms with van der Waals surface area (Å²) >= 11 is 0. The largest absolute Gasteiger partial charge is 0.394 e. The molecular formula is C17H29N3O14. The third-order valence-electron chi connectivity index (χ3n) is 7.12. The third-order valence-corrected chi connectivity index (χ3v) is 7.12. The second-order valence-corrected chi connectivity index (χ2v) is 8.97. The van der Waals surface area contributed by atoms with Gasteiger partial charge in [-0.3, -0.25) is 5.41 Å². The van der Waals surface area contributed by atoms with E-state index < -0.39 is 97.6 Å². The Kier molecular flexibility index (Phi) is 6.36. The van der Waals surface area contributed by atoms with E-state index in [1.54, 1.807) is 0 Å². The van der Waals surface area contributed by atoms with Gasteiger partial charge < -0.3 is 81.0 Å². The van der Waals surface area contributed by atoms with Crippen LogP contribution in [-0.4, -0.2) is 154 Å². The first-order valence-electron chi connectivity index (χ1n) is 10.4. The number of hydrogen-bond donors (Lipinski definition) is 14. The molecule has 5 heterocycles. The zero-order valence-electron chi connectivity index (χ0n) is 17.4. The lowest BCUT2D eigenvalue weighted by atomic mass is 9.55. The Morgan fingerprint density at radius 3 is 2.09 bits per heavy atom. The highest BCUT2D eigenvalue weighted by Gasteiger charge is 2.83. The zero-order chi connectivity index (χ0) is 25.4. The fraction of sp³-hybridized carbons (Fsp3) is 0.941. The summed E-state index contributed by atoms with van der Waals surface area (Å²) in [5.74, 6) is -4.07. The summed E-state index contributed by atoms with van der Waals surface area (Å²) in [4.78, 5) is 0. The Bertz CT molecular complexity index is 805. The van der Waals surface area contributed by atoms with Crippen molar-refractivity contribution in [1.82, 2.24) is 10.6 Å². The van der Waals surface area contributed by atoms with E-state index in [2.05, 4.69) is 15.4 Å². The first kappa shape index (κ1) is 25.8. The van der Waals surface area contributed by atoms with Crippen LogP contribution in [-0.2, 0) is 14.2 Å². The van der Waals surface area contributed by atoms with Gasteiger partial charge in [-0.2, -0.15) is 0 Å². The van der Waals surface area contributed by atoms with E-state index in [4.69, 9.17) is 40.4 Å². The normalized spacial score (nSPS) is 57.7. The van der Waals surface area contributed by atoms with Crippen molar-refractivity contribution in [2.45, 2.75) is 78.5 Å². The van der Waals surface area contributed by atoms with Gasteiger partial charge in [0.1, 0.15) is 60.1 Å². The van der Waals surface area contributed by atoms with Gasteiger partial charge in [0.2, 0.25) is 0 Å². The number of rotatable bonds is 2. The van der Waals surface area contributed by atoms with E-state index in [-0.39, 0.29) is 5.96 Å². The van der Waals surface area contributed by atoms with Gasteiger partial charge in [-0.15, -0.1) is 0 Å². The molecule has 17 nitrogen and oxygen atoms in total. The number of guanidine groups is 1. The van der Waals surface area contributed by atoms with Crippen molar-refractivity contribution in [3.63, 3.8) is 0 Å². The van der Waals surface area contributed by atoms with Crippen LogP contribution in [0, 0.1) is 11.3 Å². The molecule has 0 aromatic rings. The number of aliphatic hydroxyl groups is 11. The Hall–Kier alpha value is -1.29. The molecular weight excluding hydrogens is 470 g/mol. The van der Waals surface area contributed by atoms with Crippen LogP contribution in [0.1, 0.15) is 0 Å². The Morgan fingerprint density at radius 2 is 1.50 bits per heavy atom. The van der Waals surface area contributed by atoms with Crippen molar-refractivity contribution in [2.24, 2.45) is 5.92 Å². The van der Waals surface area contributed by atoms with E-state index in [9.17, 15) is 30.6 Å². The van der Waals surface area contributed by atoms with Crippen LogP contribution in [0.5, 0.6) is 0 Å². The molecule has 5 saturated heterocycles. The highest BCUT2D eigenvalue weighted by molar-refractivity contribution is 5.79. The van der Waals surface area contributed by atoms with E-state index in [0.29, 0.717) is 0 Å². The SMILES string of the molecule is N=C1N[C@H](O)[C@H]2[C@H]3O[C@]4(O)O[C@@H](C(O)[C@@]2(N1)[C@@H]4O)[C@]3(O)CO.OC[C@H]1OC(O)[C@H](O)[C@@H](O)[C@H]1O. The van der Waals surface area contributed by atoms with Crippen LogP contribution in [0.3, 0.4) is 0 Å². The lowest BCUT2D eigenvalue weighted by Crippen LogP contribution is -2.96. The number of nitrogens with one attached hydrogen (secondary N) is 3. The van der Waals surface area contributed by atoms with Crippen molar-refractivity contribution >= 4 is 5.96 Å². The van der Waals surface area contributed by atoms with E-state index >= 15 is 0 Å². The molecule has 1 saturated carbocycles. The molecule has 0 aromatic heterocycles. The molecule has 4 bridgehead atoms. The highest BCUT2D eigenvalue weighted by Crippen LogP contribution is 2.58. The topological polar surface area (TPSA) is 298 Å². The molecule has 196 valence electrons. The van der Waals surface area contributed by atoms with E-state index in [0.717, 1.165) is 0 Å². The van der Waals surface area contributed by atoms with Gasteiger partial charge in [-0.25, -0.2) is 0 Å². The summed E-state index contributed by atoms with van der Waals surface area (Å²) in [5.41, 5.74) is -3.87. The summed E-state index contributed by atoms with van der Waals surface area (Å²) < 4.78 is 14.8. The van der Waals surface area contributed by atoms with Crippen LogP contribution < -0.4 is 10.6 Å². The summed E-state index contributed by atoms with van der Waals surface area (Å²) in [6, 6.07) is 0. The standard InChI is InChI=1S/C11H17N3O8.C6H12O6/c12-8-13-6(17)2-4-9(19,1-15)5-3(16)10(2,14-8)7(18)11(20,21-4)22-5;7-1-2-3(8)4(9)5(10)6(11)12-2/h2-7,15-20H,1H2,(H3,12,13,14);2-11H,1H2/t2-,3?,4-,5+,6-,7+,9+,10-,11+;2-,3+,4+,5-,6?/m11/s1. The summed E-state index contributed by atoms with van der Waals surface area (Å²) in [5, 5.41) is 119. The average Bonchev–Trinajstić information content (AvgIpc) is 2.79. The van der Waals surface area contributed by atoms with Gasteiger partial charge in [0.25, 0.3) is 0 Å². The predicted octanol–water partition coefficient (Wildman–Crippen LogP) is -8.53. The molecule has 6 aliphatic rings. The molecule has 1 aliphatic carbocycles. The summed E-state index contributed by atoms with van der Waals surface area (Å²) in [6.45, 7) is -1.38. The molecule has 2 unspecified atom stereocenters. The van der Waals surface area contributed by atoms with Crippen LogP contribution in [0.25, 0.3) is 0 Å². The van der Waals surface area contributed by atoms with Gasteiger partial charge in [0.15, 0.2) is 18.4 Å². The zero-order valence-corrected chi connectivity index (χ0v) is 17.4. The van der Waals surface area contributed by atoms with Crippen LogP contribution in [0.4, 0.5) is 0 Å². The maximum absolute atomic E-state index is 10.6. The smallest absolute Gasteiger partial charge is 0.311 e. The van der Waals surface area contributed by atoms with Crippen molar-refractivity contribution in [1.29, 1.82) is 5.41 Å². The minimum atomic E-state index is -2.53. The molecule has 6 fully saturated rings. The van der Waals surface area contributed by atoms with Gasteiger partial charge in [0.05, 0.1) is 19.1 Å². The maximum Gasteiger partial charge on any atom is 0.311 e. The minimum Gasteiger partial charge on any atom is -0.394 e. The van der Waals surface area contributed by atoms with Crippen molar-refractivity contribution in [2.75, 3.05) is 13.2 Å². The second kappa shape index (κ2) is 8.39. The van der Waals surface area contributed by atoms with E-state index in [1.807, 2.05) is 0 Å². The molecule has 0 aromatic carbocycles. The molecule has 34 heavy (non-hydrogen) atoms. The quantitative estimate of drug-likeness (QED) is 0.168. The number of aliphatic hydroxyl groups excluding tert-OH is 9. The fourth-order valence-electron chi connectivity index (χ4n) is 5.36. The molecule has 5 aliphatic heterocycles. The highest BCUT2D eigenvalue weighted by atomic mass is 16.9. The Labute approximate surface area is 190 Å². The fourth-order valence-corrected chi connectivity index (χ4v) is 5.36. The van der Waals surface area contributed by atoms with Gasteiger partial charge >= 0.3 is 5.97 Å². The Balaban J connectivity index is 0.000000195. The maximum atomic E-state index is 10.6. The summed E-state index contributed by atoms with van der Waals surface area (Å²) in [6.07, 6.45) is -14.8. The van der Waals surface area contributed by atoms with Gasteiger partial charge in [0, 0.05) is 0 Å².